The van der Waals surface area contributed by atoms with E-state index >= 15 is 0 Å². The molecule has 4 rings (SSSR count). The third-order valence-electron chi connectivity index (χ3n) is 6.18. The number of carbonyl (C=O) groups is 2. The lowest BCUT2D eigenvalue weighted by atomic mass is 9.89. The second kappa shape index (κ2) is 11.7. The zero-order valence-corrected chi connectivity index (χ0v) is 21.2. The van der Waals surface area contributed by atoms with Crippen molar-refractivity contribution < 1.29 is 19.1 Å². The van der Waals surface area contributed by atoms with E-state index in [9.17, 15) is 14.9 Å². The first-order valence-electron chi connectivity index (χ1n) is 11.8. The number of thioether (sulfide) groups is 1. The number of benzene rings is 2. The summed E-state index contributed by atoms with van der Waals surface area (Å²) in [5.74, 6) is 0.928. The van der Waals surface area contributed by atoms with E-state index in [0.717, 1.165) is 43.0 Å². The fourth-order valence-corrected chi connectivity index (χ4v) is 5.54. The van der Waals surface area contributed by atoms with E-state index < -0.39 is 0 Å². The summed E-state index contributed by atoms with van der Waals surface area (Å²) >= 11 is 7.51. The van der Waals surface area contributed by atoms with E-state index in [2.05, 4.69) is 6.07 Å². The van der Waals surface area contributed by atoms with Gasteiger partial charge in [0.1, 0.15) is 6.61 Å². The Morgan fingerprint density at radius 2 is 1.94 bits per heavy atom. The van der Waals surface area contributed by atoms with Crippen LogP contribution in [0.5, 0.6) is 11.5 Å². The Bertz CT molecular complexity index is 1180. The number of hydrogen-bond acceptors (Lipinski definition) is 6. The van der Waals surface area contributed by atoms with Crippen molar-refractivity contribution in [2.45, 2.75) is 45.6 Å². The Morgan fingerprint density at radius 3 is 2.69 bits per heavy atom. The maximum atomic E-state index is 13.0. The number of halogens is 1. The average molecular weight is 511 g/mol. The van der Waals surface area contributed by atoms with Gasteiger partial charge in [-0.05, 0) is 67.3 Å². The maximum absolute atomic E-state index is 13.0. The minimum absolute atomic E-state index is 0.156. The van der Waals surface area contributed by atoms with Crippen molar-refractivity contribution in [3.05, 3.63) is 63.0 Å². The van der Waals surface area contributed by atoms with Crippen LogP contribution in [0.2, 0.25) is 5.02 Å². The van der Waals surface area contributed by atoms with E-state index in [4.69, 9.17) is 21.1 Å². The van der Waals surface area contributed by atoms with Crippen molar-refractivity contribution in [2.24, 2.45) is 5.92 Å². The predicted molar refractivity (Wildman–Crippen MR) is 137 cm³/mol. The standard InChI is InChI=1S/C27H27ClN2O4S/c1-2-33-23-13-19(12-22(28)25(23)34-17-21-11-7-6-10-20(21)15-29)14-24-26(31)30(27(32)35-24)16-18-8-4-3-5-9-18/h6-7,10-14,18H,2-5,8-9,16-17H2,1H3/b24-14+. The van der Waals surface area contributed by atoms with Crippen molar-refractivity contribution in [3.63, 3.8) is 0 Å². The smallest absolute Gasteiger partial charge is 0.293 e. The van der Waals surface area contributed by atoms with Gasteiger partial charge >= 0.3 is 0 Å². The Hall–Kier alpha value is -2.95. The molecule has 1 saturated heterocycles. The van der Waals surface area contributed by atoms with Crippen LogP contribution in [0.15, 0.2) is 41.3 Å². The van der Waals surface area contributed by atoms with Crippen LogP contribution in [-0.4, -0.2) is 29.2 Å². The molecule has 0 bridgehead atoms. The molecule has 8 heteroatoms. The van der Waals surface area contributed by atoms with Crippen LogP contribution in [0.4, 0.5) is 4.79 Å². The molecule has 2 aromatic carbocycles. The van der Waals surface area contributed by atoms with Gasteiger partial charge in [-0.25, -0.2) is 0 Å². The number of rotatable bonds is 8. The van der Waals surface area contributed by atoms with Crippen molar-refractivity contribution >= 4 is 40.6 Å². The monoisotopic (exact) mass is 510 g/mol. The fourth-order valence-electron chi connectivity index (χ4n) is 4.42. The summed E-state index contributed by atoms with van der Waals surface area (Å²) < 4.78 is 11.7. The maximum Gasteiger partial charge on any atom is 0.293 e. The minimum Gasteiger partial charge on any atom is -0.490 e. The third kappa shape index (κ3) is 6.01. The summed E-state index contributed by atoms with van der Waals surface area (Å²) in [6.45, 7) is 2.89. The molecule has 6 nitrogen and oxygen atoms in total. The van der Waals surface area contributed by atoms with Crippen molar-refractivity contribution in [1.29, 1.82) is 5.26 Å². The van der Waals surface area contributed by atoms with Crippen LogP contribution >= 0.6 is 23.4 Å². The minimum atomic E-state index is -0.256. The van der Waals surface area contributed by atoms with E-state index in [1.165, 1.54) is 11.3 Å². The number of nitriles is 1. The molecule has 2 aromatic rings. The van der Waals surface area contributed by atoms with Crippen molar-refractivity contribution in [2.75, 3.05) is 13.2 Å². The second-order valence-corrected chi connectivity index (χ2v) is 10.0. The van der Waals surface area contributed by atoms with Gasteiger partial charge in [0.15, 0.2) is 11.5 Å². The molecule has 1 aliphatic carbocycles. The first-order valence-corrected chi connectivity index (χ1v) is 13.0. The molecule has 2 fully saturated rings. The first kappa shape index (κ1) is 25.2. The number of imide groups is 1. The first-order chi connectivity index (χ1) is 17.0. The zero-order chi connectivity index (χ0) is 24.8. The van der Waals surface area contributed by atoms with Crippen LogP contribution < -0.4 is 9.47 Å². The van der Waals surface area contributed by atoms with Gasteiger partial charge < -0.3 is 9.47 Å². The summed E-state index contributed by atoms with van der Waals surface area (Å²) in [4.78, 5) is 27.3. The van der Waals surface area contributed by atoms with Gasteiger partial charge in [-0.15, -0.1) is 0 Å². The highest BCUT2D eigenvalue weighted by molar-refractivity contribution is 8.18. The lowest BCUT2D eigenvalue weighted by Crippen LogP contribution is -2.34. The highest BCUT2D eigenvalue weighted by Crippen LogP contribution is 2.40. The molecular weight excluding hydrogens is 484 g/mol. The highest BCUT2D eigenvalue weighted by Gasteiger charge is 2.36. The zero-order valence-electron chi connectivity index (χ0n) is 19.6. The largest absolute Gasteiger partial charge is 0.490 e. The van der Waals surface area contributed by atoms with E-state index in [1.54, 1.807) is 30.3 Å². The van der Waals surface area contributed by atoms with Gasteiger partial charge in [-0.3, -0.25) is 14.5 Å². The predicted octanol–water partition coefficient (Wildman–Crippen LogP) is 6.81. The van der Waals surface area contributed by atoms with Gasteiger partial charge in [0.25, 0.3) is 11.1 Å². The van der Waals surface area contributed by atoms with Crippen LogP contribution in [0, 0.1) is 17.2 Å². The summed E-state index contributed by atoms with van der Waals surface area (Å²) in [5, 5.41) is 9.41. The lowest BCUT2D eigenvalue weighted by Gasteiger charge is -2.25. The Kier molecular flexibility index (Phi) is 8.37. The number of ether oxygens (including phenoxy) is 2. The van der Waals surface area contributed by atoms with E-state index in [0.29, 0.717) is 51.6 Å². The van der Waals surface area contributed by atoms with Crippen molar-refractivity contribution in [3.8, 4) is 17.6 Å². The molecule has 35 heavy (non-hydrogen) atoms. The summed E-state index contributed by atoms with van der Waals surface area (Å²) in [6, 6.07) is 12.8. The van der Waals surface area contributed by atoms with Crippen molar-refractivity contribution in [1.82, 2.24) is 4.90 Å². The molecule has 0 N–H and O–H groups in total. The van der Waals surface area contributed by atoms with Gasteiger partial charge in [-0.1, -0.05) is 49.1 Å². The normalized spacial score (nSPS) is 17.6. The molecule has 0 spiro atoms. The summed E-state index contributed by atoms with van der Waals surface area (Å²) in [6.07, 6.45) is 7.35. The van der Waals surface area contributed by atoms with Crippen LogP contribution in [0.25, 0.3) is 6.08 Å². The van der Waals surface area contributed by atoms with Crippen LogP contribution in [-0.2, 0) is 11.4 Å². The van der Waals surface area contributed by atoms with Crippen LogP contribution in [0.1, 0.15) is 55.7 Å². The summed E-state index contributed by atoms with van der Waals surface area (Å²) in [7, 11) is 0. The molecule has 1 saturated carbocycles. The molecule has 0 radical (unpaired) electrons. The molecule has 0 aromatic heterocycles. The topological polar surface area (TPSA) is 79.6 Å². The summed E-state index contributed by atoms with van der Waals surface area (Å²) in [5.41, 5.74) is 1.91. The Balaban J connectivity index is 1.53. The molecule has 1 aliphatic heterocycles. The second-order valence-electron chi connectivity index (χ2n) is 8.62. The van der Waals surface area contributed by atoms with Crippen LogP contribution in [0.3, 0.4) is 0 Å². The lowest BCUT2D eigenvalue weighted by molar-refractivity contribution is -0.123. The quantitative estimate of drug-likeness (QED) is 0.363. The molecule has 2 aliphatic rings. The molecule has 1 heterocycles. The molecular formula is C27H27ClN2O4S. The molecule has 0 atom stereocenters. The SMILES string of the molecule is CCOc1cc(/C=C2/SC(=O)N(CC3CCCCC3)C2=O)cc(Cl)c1OCc1ccccc1C#N. The number of hydrogen-bond donors (Lipinski definition) is 0. The Morgan fingerprint density at radius 1 is 1.17 bits per heavy atom. The van der Waals surface area contributed by atoms with E-state index in [1.807, 2.05) is 19.1 Å². The van der Waals surface area contributed by atoms with Gasteiger partial charge in [0, 0.05) is 12.1 Å². The van der Waals surface area contributed by atoms with Gasteiger partial charge in [0.2, 0.25) is 0 Å². The highest BCUT2D eigenvalue weighted by atomic mass is 35.5. The average Bonchev–Trinajstić information content (AvgIpc) is 3.12. The van der Waals surface area contributed by atoms with Gasteiger partial charge in [-0.2, -0.15) is 5.26 Å². The number of nitrogens with zero attached hydrogens (tertiary/aromatic N) is 2. The molecule has 182 valence electrons. The number of carbonyl (C=O) groups excluding carboxylic acids is 2. The Labute approximate surface area is 214 Å². The fraction of sp³-hybridized carbons (Fsp3) is 0.370. The third-order valence-corrected chi connectivity index (χ3v) is 7.37. The molecule has 0 unspecified atom stereocenters. The molecule has 2 amide bonds. The van der Waals surface area contributed by atoms with Gasteiger partial charge in [0.05, 0.1) is 28.2 Å². The van der Waals surface area contributed by atoms with E-state index in [-0.39, 0.29) is 17.8 Å². The number of amides is 2.